The first-order chi connectivity index (χ1) is 11.5. The number of rotatable bonds is 3. The molecule has 5 nitrogen and oxygen atoms in total. The second-order valence-corrected chi connectivity index (χ2v) is 6.17. The molecule has 1 heterocycles. The summed E-state index contributed by atoms with van der Waals surface area (Å²) in [4.78, 5) is 26.5. The van der Waals surface area contributed by atoms with E-state index in [1.165, 1.54) is 4.90 Å². The highest BCUT2D eigenvalue weighted by molar-refractivity contribution is 6.09. The number of benzene rings is 2. The van der Waals surface area contributed by atoms with Gasteiger partial charge >= 0.3 is 0 Å². The maximum atomic E-state index is 12.5. The number of anilines is 3. The quantitative estimate of drug-likeness (QED) is 0.912. The third-order valence-corrected chi connectivity index (χ3v) is 4.16. The number of carbonyl (C=O) groups excluding carboxylic acids is 2. The van der Waals surface area contributed by atoms with E-state index in [9.17, 15) is 9.59 Å². The highest BCUT2D eigenvalue weighted by Crippen LogP contribution is 2.31. The SMILES string of the molecule is Cc1ccc(NC(=O)CN2C(=O)C(C)Nc3ccccc32)c(C)c1. The Morgan fingerprint density at radius 2 is 1.96 bits per heavy atom. The van der Waals surface area contributed by atoms with Crippen molar-refractivity contribution < 1.29 is 9.59 Å². The van der Waals surface area contributed by atoms with Gasteiger partial charge in [-0.2, -0.15) is 0 Å². The summed E-state index contributed by atoms with van der Waals surface area (Å²) in [6, 6.07) is 13.0. The van der Waals surface area contributed by atoms with Crippen LogP contribution >= 0.6 is 0 Å². The van der Waals surface area contributed by atoms with Crippen molar-refractivity contribution in [3.63, 3.8) is 0 Å². The fourth-order valence-electron chi connectivity index (χ4n) is 2.93. The van der Waals surface area contributed by atoms with Crippen molar-refractivity contribution >= 4 is 28.9 Å². The average molecular weight is 323 g/mol. The van der Waals surface area contributed by atoms with Crippen molar-refractivity contribution in [3.05, 3.63) is 53.6 Å². The maximum absolute atomic E-state index is 12.5. The lowest BCUT2D eigenvalue weighted by molar-refractivity contribution is -0.122. The summed E-state index contributed by atoms with van der Waals surface area (Å²) in [5, 5.41) is 6.05. The minimum atomic E-state index is -0.353. The van der Waals surface area contributed by atoms with Gasteiger partial charge < -0.3 is 10.6 Å². The van der Waals surface area contributed by atoms with Crippen LogP contribution in [0.15, 0.2) is 42.5 Å². The van der Waals surface area contributed by atoms with Crippen molar-refractivity contribution in [1.29, 1.82) is 0 Å². The molecular weight excluding hydrogens is 302 g/mol. The molecule has 2 aromatic carbocycles. The van der Waals surface area contributed by atoms with Gasteiger partial charge in [0.25, 0.3) is 0 Å². The van der Waals surface area contributed by atoms with Gasteiger partial charge in [-0.1, -0.05) is 29.8 Å². The third kappa shape index (κ3) is 3.11. The molecule has 24 heavy (non-hydrogen) atoms. The van der Waals surface area contributed by atoms with E-state index in [0.717, 1.165) is 28.2 Å². The summed E-state index contributed by atoms with van der Waals surface area (Å²) in [5.74, 6) is -0.316. The Kier molecular flexibility index (Phi) is 4.25. The zero-order valence-corrected chi connectivity index (χ0v) is 14.1. The van der Waals surface area contributed by atoms with Gasteiger partial charge in [0.05, 0.1) is 11.4 Å². The topological polar surface area (TPSA) is 61.4 Å². The number of fused-ring (bicyclic) bond motifs is 1. The zero-order valence-electron chi connectivity index (χ0n) is 14.1. The molecular formula is C19H21N3O2. The second-order valence-electron chi connectivity index (χ2n) is 6.17. The van der Waals surface area contributed by atoms with Crippen LogP contribution in [0.25, 0.3) is 0 Å². The van der Waals surface area contributed by atoms with E-state index >= 15 is 0 Å². The van der Waals surface area contributed by atoms with Crippen LogP contribution in [-0.2, 0) is 9.59 Å². The molecule has 0 spiro atoms. The second kappa shape index (κ2) is 6.35. The van der Waals surface area contributed by atoms with Gasteiger partial charge in [0.2, 0.25) is 11.8 Å². The molecule has 124 valence electrons. The molecule has 2 amide bonds. The van der Waals surface area contributed by atoms with Crippen LogP contribution in [0.3, 0.4) is 0 Å². The summed E-state index contributed by atoms with van der Waals surface area (Å²) >= 11 is 0. The number of hydrogen-bond acceptors (Lipinski definition) is 3. The van der Waals surface area contributed by atoms with Crippen molar-refractivity contribution in [2.24, 2.45) is 0 Å². The fraction of sp³-hybridized carbons (Fsp3) is 0.263. The number of hydrogen-bond donors (Lipinski definition) is 2. The molecule has 0 radical (unpaired) electrons. The number of carbonyl (C=O) groups is 2. The number of nitrogens with one attached hydrogen (secondary N) is 2. The Morgan fingerprint density at radius 1 is 1.21 bits per heavy atom. The predicted molar refractivity (Wildman–Crippen MR) is 96.4 cm³/mol. The third-order valence-electron chi connectivity index (χ3n) is 4.16. The normalized spacial score (nSPS) is 16.4. The first kappa shape index (κ1) is 16.1. The van der Waals surface area contributed by atoms with Gasteiger partial charge in [-0.05, 0) is 44.5 Å². The number of amides is 2. The van der Waals surface area contributed by atoms with E-state index < -0.39 is 0 Å². The van der Waals surface area contributed by atoms with Crippen LogP contribution < -0.4 is 15.5 Å². The maximum Gasteiger partial charge on any atom is 0.249 e. The minimum absolute atomic E-state index is 0.00478. The highest BCUT2D eigenvalue weighted by atomic mass is 16.2. The Balaban J connectivity index is 1.79. The minimum Gasteiger partial charge on any atom is -0.372 e. The van der Waals surface area contributed by atoms with E-state index in [1.54, 1.807) is 6.92 Å². The number of para-hydroxylation sites is 2. The lowest BCUT2D eigenvalue weighted by atomic mass is 10.1. The molecule has 0 aliphatic carbocycles. The lowest BCUT2D eigenvalue weighted by Crippen LogP contribution is -2.48. The Bertz CT molecular complexity index is 801. The van der Waals surface area contributed by atoms with Crippen molar-refractivity contribution in [3.8, 4) is 0 Å². The van der Waals surface area contributed by atoms with Crippen LogP contribution in [-0.4, -0.2) is 24.4 Å². The van der Waals surface area contributed by atoms with Gasteiger partial charge in [0, 0.05) is 5.69 Å². The molecule has 2 N–H and O–H groups in total. The van der Waals surface area contributed by atoms with Gasteiger partial charge in [-0.15, -0.1) is 0 Å². The van der Waals surface area contributed by atoms with E-state index in [-0.39, 0.29) is 24.4 Å². The molecule has 1 aliphatic rings. The van der Waals surface area contributed by atoms with E-state index in [0.29, 0.717) is 0 Å². The molecule has 0 bridgehead atoms. The van der Waals surface area contributed by atoms with Crippen molar-refractivity contribution in [2.75, 3.05) is 22.1 Å². The fourth-order valence-corrected chi connectivity index (χ4v) is 2.93. The molecule has 2 aromatic rings. The molecule has 0 fully saturated rings. The monoisotopic (exact) mass is 323 g/mol. The van der Waals surface area contributed by atoms with E-state index in [1.807, 2.05) is 56.3 Å². The molecule has 0 aromatic heterocycles. The summed E-state index contributed by atoms with van der Waals surface area (Å²) < 4.78 is 0. The molecule has 1 unspecified atom stereocenters. The van der Waals surface area contributed by atoms with Crippen LogP contribution in [0, 0.1) is 13.8 Å². The van der Waals surface area contributed by atoms with Crippen LogP contribution in [0.4, 0.5) is 17.1 Å². The standard InChI is InChI=1S/C19H21N3O2/c1-12-8-9-15(13(2)10-12)21-18(23)11-22-17-7-5-4-6-16(17)20-14(3)19(22)24/h4-10,14,20H,11H2,1-3H3,(H,21,23). The molecule has 0 saturated heterocycles. The molecule has 0 saturated carbocycles. The zero-order chi connectivity index (χ0) is 17.3. The molecule has 1 aliphatic heterocycles. The van der Waals surface area contributed by atoms with Gasteiger partial charge in [-0.25, -0.2) is 0 Å². The van der Waals surface area contributed by atoms with E-state index in [4.69, 9.17) is 0 Å². The van der Waals surface area contributed by atoms with Crippen molar-refractivity contribution in [2.45, 2.75) is 26.8 Å². The average Bonchev–Trinajstić information content (AvgIpc) is 2.54. The van der Waals surface area contributed by atoms with Crippen LogP contribution in [0.5, 0.6) is 0 Å². The summed E-state index contributed by atoms with van der Waals surface area (Å²) in [6.07, 6.45) is 0. The number of nitrogens with zero attached hydrogens (tertiary/aromatic N) is 1. The highest BCUT2D eigenvalue weighted by Gasteiger charge is 2.30. The largest absolute Gasteiger partial charge is 0.372 e. The predicted octanol–water partition coefficient (Wildman–Crippen LogP) is 3.09. The summed E-state index contributed by atoms with van der Waals surface area (Å²) in [6.45, 7) is 5.76. The first-order valence-electron chi connectivity index (χ1n) is 8.00. The van der Waals surface area contributed by atoms with Gasteiger partial charge in [0.1, 0.15) is 12.6 Å². The summed E-state index contributed by atoms with van der Waals surface area (Å²) in [7, 11) is 0. The molecule has 5 heteroatoms. The lowest BCUT2D eigenvalue weighted by Gasteiger charge is -2.33. The van der Waals surface area contributed by atoms with Gasteiger partial charge in [0.15, 0.2) is 0 Å². The van der Waals surface area contributed by atoms with Gasteiger partial charge in [-0.3, -0.25) is 14.5 Å². The van der Waals surface area contributed by atoms with Crippen LogP contribution in [0.2, 0.25) is 0 Å². The van der Waals surface area contributed by atoms with Crippen molar-refractivity contribution in [1.82, 2.24) is 0 Å². The Hall–Kier alpha value is -2.82. The summed E-state index contributed by atoms with van der Waals surface area (Å²) in [5.41, 5.74) is 4.52. The smallest absolute Gasteiger partial charge is 0.249 e. The Labute approximate surface area is 141 Å². The first-order valence-corrected chi connectivity index (χ1v) is 8.00. The van der Waals surface area contributed by atoms with E-state index in [2.05, 4.69) is 10.6 Å². The Morgan fingerprint density at radius 3 is 2.71 bits per heavy atom. The van der Waals surface area contributed by atoms with Crippen LogP contribution in [0.1, 0.15) is 18.1 Å². The molecule has 3 rings (SSSR count). The number of aryl methyl sites for hydroxylation is 2. The molecule has 1 atom stereocenters.